The maximum absolute atomic E-state index is 11.1. The monoisotopic (exact) mass is 406 g/mol. The molecule has 5 atom stereocenters. The summed E-state index contributed by atoms with van der Waals surface area (Å²) < 4.78 is 4.62. The summed E-state index contributed by atoms with van der Waals surface area (Å²) in [6.45, 7) is 3.81. The SMILES string of the molecule is CC#CC(O)(C/C=C/[C@@H]1[C@@H](C/C=C\CCCC(=O)OC)[C@@H](O)C[C@H]1O)CCCC. The lowest BCUT2D eigenvalue weighted by Gasteiger charge is -2.22. The van der Waals surface area contributed by atoms with Crippen LogP contribution < -0.4 is 0 Å². The topological polar surface area (TPSA) is 87.0 Å². The third-order valence-corrected chi connectivity index (χ3v) is 5.59. The Balaban J connectivity index is 2.61. The van der Waals surface area contributed by atoms with Gasteiger partial charge in [-0.3, -0.25) is 4.79 Å². The molecule has 1 unspecified atom stereocenters. The third kappa shape index (κ3) is 9.16. The van der Waals surface area contributed by atoms with Gasteiger partial charge < -0.3 is 20.1 Å². The molecule has 29 heavy (non-hydrogen) atoms. The molecule has 0 aromatic rings. The highest BCUT2D eigenvalue weighted by atomic mass is 16.5. The molecule has 0 heterocycles. The van der Waals surface area contributed by atoms with Gasteiger partial charge in [-0.05, 0) is 44.9 Å². The van der Waals surface area contributed by atoms with Crippen LogP contribution in [0.15, 0.2) is 24.3 Å². The first kappa shape index (κ1) is 25.4. The molecule has 3 N–H and O–H groups in total. The van der Waals surface area contributed by atoms with Crippen molar-refractivity contribution >= 4 is 5.97 Å². The fourth-order valence-corrected chi connectivity index (χ4v) is 3.88. The van der Waals surface area contributed by atoms with Crippen molar-refractivity contribution in [3.8, 4) is 11.8 Å². The normalized spacial score (nSPS) is 26.4. The summed E-state index contributed by atoms with van der Waals surface area (Å²) in [5.74, 6) is 5.32. The molecule has 1 fully saturated rings. The maximum atomic E-state index is 11.1. The molecular formula is C24H38O5. The van der Waals surface area contributed by atoms with Gasteiger partial charge in [0.1, 0.15) is 5.60 Å². The van der Waals surface area contributed by atoms with E-state index in [2.05, 4.69) is 23.5 Å². The van der Waals surface area contributed by atoms with Gasteiger partial charge in [0.15, 0.2) is 0 Å². The first-order chi connectivity index (χ1) is 13.9. The molecule has 0 spiro atoms. The lowest BCUT2D eigenvalue weighted by molar-refractivity contribution is -0.140. The Morgan fingerprint density at radius 1 is 1.21 bits per heavy atom. The van der Waals surface area contributed by atoms with E-state index in [0.29, 0.717) is 32.1 Å². The van der Waals surface area contributed by atoms with Gasteiger partial charge in [-0.1, -0.05) is 43.6 Å². The largest absolute Gasteiger partial charge is 0.469 e. The van der Waals surface area contributed by atoms with Crippen molar-refractivity contribution in [1.82, 2.24) is 0 Å². The average Bonchev–Trinajstić information content (AvgIpc) is 2.95. The van der Waals surface area contributed by atoms with Crippen molar-refractivity contribution < 1.29 is 24.9 Å². The molecule has 1 aliphatic carbocycles. The van der Waals surface area contributed by atoms with Crippen LogP contribution in [0.2, 0.25) is 0 Å². The van der Waals surface area contributed by atoms with Gasteiger partial charge in [0.2, 0.25) is 0 Å². The van der Waals surface area contributed by atoms with Crippen LogP contribution in [0.25, 0.3) is 0 Å². The van der Waals surface area contributed by atoms with Gasteiger partial charge in [0, 0.05) is 25.2 Å². The molecule has 0 radical (unpaired) electrons. The summed E-state index contributed by atoms with van der Waals surface area (Å²) in [5.41, 5.74) is -1.03. The van der Waals surface area contributed by atoms with E-state index in [-0.39, 0.29) is 17.8 Å². The Hall–Kier alpha value is -1.61. The Labute approximate surface area is 175 Å². The van der Waals surface area contributed by atoms with E-state index in [4.69, 9.17) is 0 Å². The van der Waals surface area contributed by atoms with Crippen LogP contribution in [0.4, 0.5) is 0 Å². The number of aliphatic hydroxyl groups excluding tert-OH is 2. The predicted molar refractivity (Wildman–Crippen MR) is 115 cm³/mol. The van der Waals surface area contributed by atoms with Crippen molar-refractivity contribution in [2.75, 3.05) is 7.11 Å². The van der Waals surface area contributed by atoms with Crippen LogP contribution in [-0.4, -0.2) is 46.2 Å². The van der Waals surface area contributed by atoms with Gasteiger partial charge in [0.05, 0.1) is 19.3 Å². The minimum absolute atomic E-state index is 0.0564. The van der Waals surface area contributed by atoms with Crippen LogP contribution in [0.3, 0.4) is 0 Å². The number of ether oxygens (including phenoxy) is 1. The van der Waals surface area contributed by atoms with Crippen molar-refractivity contribution in [2.45, 2.75) is 89.4 Å². The van der Waals surface area contributed by atoms with Gasteiger partial charge in [-0.25, -0.2) is 0 Å². The Morgan fingerprint density at radius 2 is 1.97 bits per heavy atom. The fraction of sp³-hybridized carbons (Fsp3) is 0.708. The van der Waals surface area contributed by atoms with Gasteiger partial charge >= 0.3 is 5.97 Å². The van der Waals surface area contributed by atoms with E-state index < -0.39 is 17.8 Å². The van der Waals surface area contributed by atoms with E-state index in [1.54, 1.807) is 6.92 Å². The summed E-state index contributed by atoms with van der Waals surface area (Å²) in [6, 6.07) is 0. The number of esters is 1. The average molecular weight is 407 g/mol. The third-order valence-electron chi connectivity index (χ3n) is 5.59. The van der Waals surface area contributed by atoms with Crippen molar-refractivity contribution in [3.05, 3.63) is 24.3 Å². The Bertz CT molecular complexity index is 600. The Morgan fingerprint density at radius 3 is 2.62 bits per heavy atom. The van der Waals surface area contributed by atoms with Crippen LogP contribution in [0, 0.1) is 23.7 Å². The van der Waals surface area contributed by atoms with Crippen molar-refractivity contribution in [2.24, 2.45) is 11.8 Å². The summed E-state index contributed by atoms with van der Waals surface area (Å²) in [7, 11) is 1.39. The molecule has 1 rings (SSSR count). The van der Waals surface area contributed by atoms with Gasteiger partial charge in [-0.2, -0.15) is 0 Å². The van der Waals surface area contributed by atoms with Crippen molar-refractivity contribution in [1.29, 1.82) is 0 Å². The van der Waals surface area contributed by atoms with Crippen LogP contribution in [0.5, 0.6) is 0 Å². The summed E-state index contributed by atoms with van der Waals surface area (Å²) in [6.07, 6.45) is 12.6. The number of aliphatic hydroxyl groups is 3. The second-order valence-electron chi connectivity index (χ2n) is 7.93. The smallest absolute Gasteiger partial charge is 0.305 e. The maximum Gasteiger partial charge on any atom is 0.305 e. The quantitative estimate of drug-likeness (QED) is 0.200. The number of methoxy groups -OCH3 is 1. The summed E-state index contributed by atoms with van der Waals surface area (Å²) in [5, 5.41) is 31.4. The molecule has 0 saturated heterocycles. The number of carbonyl (C=O) groups is 1. The Kier molecular flexibility index (Phi) is 11.9. The van der Waals surface area contributed by atoms with Gasteiger partial charge in [-0.15, -0.1) is 5.92 Å². The molecule has 5 heteroatoms. The van der Waals surface area contributed by atoms with E-state index in [1.165, 1.54) is 7.11 Å². The molecule has 1 saturated carbocycles. The highest BCUT2D eigenvalue weighted by Gasteiger charge is 2.39. The van der Waals surface area contributed by atoms with Crippen LogP contribution >= 0.6 is 0 Å². The number of unbranched alkanes of at least 4 members (excludes halogenated alkanes) is 2. The molecule has 0 bridgehead atoms. The van der Waals surface area contributed by atoms with Crippen molar-refractivity contribution in [3.63, 3.8) is 0 Å². The molecule has 0 aliphatic heterocycles. The zero-order valence-corrected chi connectivity index (χ0v) is 18.1. The molecular weight excluding hydrogens is 368 g/mol. The molecule has 0 amide bonds. The standard InChI is InChI=1S/C24H38O5/c1-4-6-16-24(28,15-5-2)17-11-13-20-19(21(25)18-22(20)26)12-9-7-8-10-14-23(27)29-3/h7,9,11,13,19-22,25-26,28H,4,6,8,10,12,14,16-18H2,1-3H3/b9-7-,13-11+/t19-,20-,21+,22-,24?/m1/s1. The first-order valence-corrected chi connectivity index (χ1v) is 10.8. The number of carbonyl (C=O) groups excluding carboxylic acids is 1. The molecule has 164 valence electrons. The number of allylic oxidation sites excluding steroid dienone is 2. The van der Waals surface area contributed by atoms with Crippen LogP contribution in [-0.2, 0) is 9.53 Å². The molecule has 5 nitrogen and oxygen atoms in total. The predicted octanol–water partition coefficient (Wildman–Crippen LogP) is 3.52. The zero-order chi connectivity index (χ0) is 21.7. The number of rotatable bonds is 12. The van der Waals surface area contributed by atoms with Crippen LogP contribution in [0.1, 0.15) is 71.6 Å². The lowest BCUT2D eigenvalue weighted by atomic mass is 9.88. The molecule has 0 aromatic heterocycles. The minimum Gasteiger partial charge on any atom is -0.469 e. The lowest BCUT2D eigenvalue weighted by Crippen LogP contribution is -2.26. The van der Waals surface area contributed by atoms with E-state index in [9.17, 15) is 20.1 Å². The molecule has 1 aliphatic rings. The van der Waals surface area contributed by atoms with E-state index in [1.807, 2.05) is 24.3 Å². The van der Waals surface area contributed by atoms with Gasteiger partial charge in [0.25, 0.3) is 0 Å². The fourth-order valence-electron chi connectivity index (χ4n) is 3.88. The summed E-state index contributed by atoms with van der Waals surface area (Å²) >= 11 is 0. The highest BCUT2D eigenvalue weighted by Crippen LogP contribution is 2.36. The first-order valence-electron chi connectivity index (χ1n) is 10.8. The van der Waals surface area contributed by atoms with E-state index in [0.717, 1.165) is 25.7 Å². The number of hydrogen-bond acceptors (Lipinski definition) is 5. The number of hydrogen-bond donors (Lipinski definition) is 3. The van der Waals surface area contributed by atoms with E-state index >= 15 is 0 Å². The summed E-state index contributed by atoms with van der Waals surface area (Å²) in [4.78, 5) is 11.1. The highest BCUT2D eigenvalue weighted by molar-refractivity contribution is 5.69. The second kappa shape index (κ2) is 13.6. The molecule has 0 aromatic carbocycles. The minimum atomic E-state index is -1.03. The zero-order valence-electron chi connectivity index (χ0n) is 18.1. The second-order valence-corrected chi connectivity index (χ2v) is 7.93.